The molecule has 96 valence electrons. The summed E-state index contributed by atoms with van der Waals surface area (Å²) in [6.07, 6.45) is 5.62. The van der Waals surface area contributed by atoms with Crippen molar-refractivity contribution in [2.24, 2.45) is 11.3 Å². The fraction of sp³-hybridized carbons (Fsp3) is 0.562. The molecular formula is C16H21NO. The molecule has 2 nitrogen and oxygen atoms in total. The van der Waals surface area contributed by atoms with Crippen LogP contribution in [-0.4, -0.2) is 5.91 Å². The Morgan fingerprint density at radius 1 is 1.17 bits per heavy atom. The zero-order chi connectivity index (χ0) is 12.6. The molecular weight excluding hydrogens is 222 g/mol. The molecule has 2 aliphatic rings. The Hall–Kier alpha value is -1.31. The number of carbonyl (C=O) groups is 1. The lowest BCUT2D eigenvalue weighted by Crippen LogP contribution is -2.32. The Labute approximate surface area is 109 Å². The zero-order valence-electron chi connectivity index (χ0n) is 11.0. The molecule has 2 heteroatoms. The van der Waals surface area contributed by atoms with Gasteiger partial charge in [0.15, 0.2) is 0 Å². The standard InChI is InChI=1S/C16H21NO/c1-12-7-9-16(10-8-12)11-14(18)17-15(16)13-5-3-2-4-6-13/h2-6,12,15H,7-11H2,1H3,(H,17,18). The molecule has 0 radical (unpaired) electrons. The number of rotatable bonds is 1. The van der Waals surface area contributed by atoms with E-state index in [1.54, 1.807) is 0 Å². The molecule has 1 spiro atoms. The smallest absolute Gasteiger partial charge is 0.221 e. The molecule has 2 fully saturated rings. The molecule has 1 aromatic carbocycles. The highest BCUT2D eigenvalue weighted by molar-refractivity contribution is 5.80. The molecule has 1 N–H and O–H groups in total. The van der Waals surface area contributed by atoms with Crippen LogP contribution in [0, 0.1) is 11.3 Å². The van der Waals surface area contributed by atoms with Gasteiger partial charge in [-0.05, 0) is 24.3 Å². The summed E-state index contributed by atoms with van der Waals surface area (Å²) in [5.74, 6) is 1.06. The Morgan fingerprint density at radius 2 is 1.83 bits per heavy atom. The lowest BCUT2D eigenvalue weighted by molar-refractivity contribution is -0.119. The van der Waals surface area contributed by atoms with Crippen molar-refractivity contribution in [1.82, 2.24) is 5.32 Å². The Balaban J connectivity index is 1.90. The van der Waals surface area contributed by atoms with E-state index in [0.717, 1.165) is 12.3 Å². The number of benzene rings is 1. The van der Waals surface area contributed by atoms with Crippen LogP contribution in [0.3, 0.4) is 0 Å². The average Bonchev–Trinajstić information content (AvgIpc) is 2.71. The van der Waals surface area contributed by atoms with E-state index in [1.807, 2.05) is 6.07 Å². The molecule has 1 heterocycles. The Bertz CT molecular complexity index is 432. The monoisotopic (exact) mass is 243 g/mol. The quantitative estimate of drug-likeness (QED) is 0.804. The first-order valence-corrected chi connectivity index (χ1v) is 7.04. The second kappa shape index (κ2) is 4.42. The summed E-state index contributed by atoms with van der Waals surface area (Å²) in [5.41, 5.74) is 1.46. The van der Waals surface area contributed by atoms with Crippen LogP contribution in [0.5, 0.6) is 0 Å². The first kappa shape index (κ1) is 11.8. The van der Waals surface area contributed by atoms with Gasteiger partial charge in [0.05, 0.1) is 6.04 Å². The minimum absolute atomic E-state index is 0.185. The zero-order valence-corrected chi connectivity index (χ0v) is 11.0. The third kappa shape index (κ3) is 1.94. The average molecular weight is 243 g/mol. The highest BCUT2D eigenvalue weighted by Crippen LogP contribution is 2.52. The van der Waals surface area contributed by atoms with Crippen molar-refractivity contribution in [2.45, 2.75) is 45.1 Å². The molecule has 1 amide bonds. The van der Waals surface area contributed by atoms with Gasteiger partial charge in [-0.25, -0.2) is 0 Å². The van der Waals surface area contributed by atoms with E-state index in [4.69, 9.17) is 0 Å². The van der Waals surface area contributed by atoms with Gasteiger partial charge >= 0.3 is 0 Å². The summed E-state index contributed by atoms with van der Waals surface area (Å²) in [4.78, 5) is 11.9. The summed E-state index contributed by atoms with van der Waals surface area (Å²) < 4.78 is 0. The van der Waals surface area contributed by atoms with Crippen molar-refractivity contribution in [1.29, 1.82) is 0 Å². The van der Waals surface area contributed by atoms with Gasteiger partial charge in [0.25, 0.3) is 0 Å². The van der Waals surface area contributed by atoms with Crippen molar-refractivity contribution in [3.8, 4) is 0 Å². The SMILES string of the molecule is CC1CCC2(CC1)CC(=O)NC2c1ccccc1. The maximum absolute atomic E-state index is 11.9. The summed E-state index contributed by atoms with van der Waals surface area (Å²) in [5, 5.41) is 3.21. The van der Waals surface area contributed by atoms with Gasteiger partial charge in [-0.15, -0.1) is 0 Å². The predicted octanol–water partition coefficient (Wildman–Crippen LogP) is 3.44. The number of hydrogen-bond donors (Lipinski definition) is 1. The summed E-state index contributed by atoms with van der Waals surface area (Å²) in [6, 6.07) is 10.7. The van der Waals surface area contributed by atoms with Crippen molar-refractivity contribution in [3.63, 3.8) is 0 Å². The second-order valence-corrected chi connectivity index (χ2v) is 6.13. The molecule has 0 bridgehead atoms. The summed E-state index contributed by atoms with van der Waals surface area (Å²) in [6.45, 7) is 2.33. The molecule has 1 unspecified atom stereocenters. The van der Waals surface area contributed by atoms with E-state index < -0.39 is 0 Å². The Morgan fingerprint density at radius 3 is 2.50 bits per heavy atom. The molecule has 18 heavy (non-hydrogen) atoms. The van der Waals surface area contributed by atoms with E-state index >= 15 is 0 Å². The molecule has 1 aromatic rings. The van der Waals surface area contributed by atoms with Gasteiger partial charge in [-0.1, -0.05) is 50.1 Å². The highest BCUT2D eigenvalue weighted by Gasteiger charge is 2.48. The van der Waals surface area contributed by atoms with Crippen LogP contribution in [0.25, 0.3) is 0 Å². The van der Waals surface area contributed by atoms with Gasteiger partial charge in [0.1, 0.15) is 0 Å². The predicted molar refractivity (Wildman–Crippen MR) is 72.0 cm³/mol. The fourth-order valence-corrected chi connectivity index (χ4v) is 3.67. The lowest BCUT2D eigenvalue weighted by Gasteiger charge is -2.40. The topological polar surface area (TPSA) is 29.1 Å². The van der Waals surface area contributed by atoms with Crippen molar-refractivity contribution >= 4 is 5.91 Å². The molecule has 1 saturated carbocycles. The minimum atomic E-state index is 0.185. The van der Waals surface area contributed by atoms with Gasteiger partial charge in [0, 0.05) is 11.8 Å². The number of amides is 1. The third-order valence-corrected chi connectivity index (χ3v) is 4.83. The van der Waals surface area contributed by atoms with Crippen molar-refractivity contribution in [3.05, 3.63) is 35.9 Å². The van der Waals surface area contributed by atoms with Crippen molar-refractivity contribution < 1.29 is 4.79 Å². The van der Waals surface area contributed by atoms with Gasteiger partial charge in [-0.3, -0.25) is 4.79 Å². The number of hydrogen-bond acceptors (Lipinski definition) is 1. The van der Waals surface area contributed by atoms with Crippen LogP contribution in [-0.2, 0) is 4.79 Å². The molecule has 0 aromatic heterocycles. The van der Waals surface area contributed by atoms with Crippen LogP contribution in [0.15, 0.2) is 30.3 Å². The first-order chi connectivity index (χ1) is 8.70. The van der Waals surface area contributed by atoms with Crippen LogP contribution >= 0.6 is 0 Å². The van der Waals surface area contributed by atoms with Gasteiger partial charge in [-0.2, -0.15) is 0 Å². The van der Waals surface area contributed by atoms with Crippen LogP contribution in [0.1, 0.15) is 50.6 Å². The highest BCUT2D eigenvalue weighted by atomic mass is 16.2. The summed E-state index contributed by atoms with van der Waals surface area (Å²) >= 11 is 0. The van der Waals surface area contributed by atoms with E-state index in [-0.39, 0.29) is 17.4 Å². The largest absolute Gasteiger partial charge is 0.349 e. The Kier molecular flexibility index (Phi) is 2.89. The first-order valence-electron chi connectivity index (χ1n) is 7.04. The van der Waals surface area contributed by atoms with Gasteiger partial charge in [0.2, 0.25) is 5.91 Å². The van der Waals surface area contributed by atoms with E-state index in [1.165, 1.54) is 31.2 Å². The third-order valence-electron chi connectivity index (χ3n) is 4.83. The van der Waals surface area contributed by atoms with Crippen LogP contribution in [0.4, 0.5) is 0 Å². The molecule has 3 rings (SSSR count). The van der Waals surface area contributed by atoms with E-state index in [9.17, 15) is 4.79 Å². The van der Waals surface area contributed by atoms with Gasteiger partial charge < -0.3 is 5.32 Å². The normalized spacial score (nSPS) is 35.7. The number of nitrogens with one attached hydrogen (secondary N) is 1. The molecule has 1 aliphatic heterocycles. The lowest BCUT2D eigenvalue weighted by atomic mass is 9.65. The van der Waals surface area contributed by atoms with Crippen LogP contribution < -0.4 is 5.32 Å². The maximum atomic E-state index is 11.9. The molecule has 1 saturated heterocycles. The summed E-state index contributed by atoms with van der Waals surface area (Å²) in [7, 11) is 0. The van der Waals surface area contributed by atoms with Crippen molar-refractivity contribution in [2.75, 3.05) is 0 Å². The molecule has 1 aliphatic carbocycles. The molecule has 1 atom stereocenters. The second-order valence-electron chi connectivity index (χ2n) is 6.13. The maximum Gasteiger partial charge on any atom is 0.221 e. The fourth-order valence-electron chi connectivity index (χ4n) is 3.67. The van der Waals surface area contributed by atoms with E-state index in [0.29, 0.717) is 0 Å². The minimum Gasteiger partial charge on any atom is -0.349 e. The van der Waals surface area contributed by atoms with Crippen LogP contribution in [0.2, 0.25) is 0 Å². The number of carbonyl (C=O) groups excluding carboxylic acids is 1. The van der Waals surface area contributed by atoms with E-state index in [2.05, 4.69) is 36.5 Å².